The summed E-state index contributed by atoms with van der Waals surface area (Å²) in [7, 11) is 0. The van der Waals surface area contributed by atoms with Gasteiger partial charge in [-0.15, -0.1) is 0 Å². The first kappa shape index (κ1) is 12.1. The maximum Gasteiger partial charge on any atom is 0.320 e. The van der Waals surface area contributed by atoms with Gasteiger partial charge in [0.15, 0.2) is 0 Å². The molecule has 0 saturated carbocycles. The highest BCUT2D eigenvalue weighted by atomic mass is 16.4. The van der Waals surface area contributed by atoms with E-state index >= 15 is 0 Å². The summed E-state index contributed by atoms with van der Waals surface area (Å²) in [6, 6.07) is 8.11. The highest BCUT2D eigenvalue weighted by molar-refractivity contribution is 5.74. The molecular weight excluding hydrogens is 214 g/mol. The van der Waals surface area contributed by atoms with E-state index in [9.17, 15) is 4.79 Å². The molecule has 1 aliphatic rings. The molecular formula is C14H19NO2. The number of benzene rings is 1. The molecule has 1 heterocycles. The van der Waals surface area contributed by atoms with Gasteiger partial charge in [0, 0.05) is 6.04 Å². The zero-order chi connectivity index (χ0) is 12.4. The van der Waals surface area contributed by atoms with Crippen LogP contribution in [0.15, 0.2) is 24.3 Å². The summed E-state index contributed by atoms with van der Waals surface area (Å²) >= 11 is 0. The molecule has 1 aliphatic heterocycles. The summed E-state index contributed by atoms with van der Waals surface area (Å²) in [4.78, 5) is 10.9. The SMILES string of the molecule is CC(C)c1ccccc1C1CCC(C(=O)O)N1. The van der Waals surface area contributed by atoms with Crippen molar-refractivity contribution in [1.82, 2.24) is 5.32 Å². The lowest BCUT2D eigenvalue weighted by molar-refractivity contribution is -0.139. The number of carbonyl (C=O) groups is 1. The summed E-state index contributed by atoms with van der Waals surface area (Å²) < 4.78 is 0. The predicted octanol–water partition coefficient (Wildman–Crippen LogP) is 2.69. The van der Waals surface area contributed by atoms with Crippen LogP contribution < -0.4 is 5.32 Å². The fourth-order valence-corrected chi connectivity index (χ4v) is 2.54. The van der Waals surface area contributed by atoms with Crippen LogP contribution in [-0.4, -0.2) is 17.1 Å². The molecule has 0 aromatic heterocycles. The van der Waals surface area contributed by atoms with E-state index in [1.807, 2.05) is 12.1 Å². The Balaban J connectivity index is 2.21. The lowest BCUT2D eigenvalue weighted by Crippen LogP contribution is -2.32. The molecule has 0 radical (unpaired) electrons. The summed E-state index contributed by atoms with van der Waals surface area (Å²) in [6.45, 7) is 4.34. The lowest BCUT2D eigenvalue weighted by Gasteiger charge is -2.18. The second-order valence-corrected chi connectivity index (χ2v) is 4.97. The molecule has 0 aliphatic carbocycles. The average molecular weight is 233 g/mol. The molecule has 1 aromatic rings. The van der Waals surface area contributed by atoms with Crippen LogP contribution in [0.3, 0.4) is 0 Å². The maximum absolute atomic E-state index is 10.9. The number of carboxylic acid groups (broad SMARTS) is 1. The molecule has 1 fully saturated rings. The van der Waals surface area contributed by atoms with Gasteiger partial charge in [-0.05, 0) is 29.9 Å². The molecule has 3 heteroatoms. The smallest absolute Gasteiger partial charge is 0.320 e. The number of hydrogen-bond donors (Lipinski definition) is 2. The van der Waals surface area contributed by atoms with Crippen LogP contribution in [-0.2, 0) is 4.79 Å². The monoisotopic (exact) mass is 233 g/mol. The summed E-state index contributed by atoms with van der Waals surface area (Å²) in [5, 5.41) is 12.2. The zero-order valence-electron chi connectivity index (χ0n) is 10.3. The van der Waals surface area contributed by atoms with E-state index in [0.29, 0.717) is 12.3 Å². The number of nitrogens with one attached hydrogen (secondary N) is 1. The Morgan fingerprint density at radius 1 is 1.35 bits per heavy atom. The van der Waals surface area contributed by atoms with E-state index in [0.717, 1.165) is 6.42 Å². The third-order valence-electron chi connectivity index (χ3n) is 3.44. The minimum atomic E-state index is -0.741. The summed E-state index contributed by atoms with van der Waals surface area (Å²) in [6.07, 6.45) is 1.62. The van der Waals surface area contributed by atoms with Crippen LogP contribution >= 0.6 is 0 Å². The zero-order valence-corrected chi connectivity index (χ0v) is 10.3. The van der Waals surface area contributed by atoms with E-state index in [4.69, 9.17) is 5.11 Å². The molecule has 92 valence electrons. The Morgan fingerprint density at radius 2 is 2.06 bits per heavy atom. The van der Waals surface area contributed by atoms with Gasteiger partial charge in [0.05, 0.1) is 0 Å². The van der Waals surface area contributed by atoms with Crippen LogP contribution in [0, 0.1) is 0 Å². The maximum atomic E-state index is 10.9. The highest BCUT2D eigenvalue weighted by Crippen LogP contribution is 2.31. The van der Waals surface area contributed by atoms with Crippen molar-refractivity contribution in [1.29, 1.82) is 0 Å². The Labute approximate surface area is 102 Å². The first-order valence-corrected chi connectivity index (χ1v) is 6.17. The molecule has 1 saturated heterocycles. The largest absolute Gasteiger partial charge is 0.480 e. The van der Waals surface area contributed by atoms with Crippen molar-refractivity contribution in [3.05, 3.63) is 35.4 Å². The van der Waals surface area contributed by atoms with Crippen molar-refractivity contribution in [3.63, 3.8) is 0 Å². The van der Waals surface area contributed by atoms with Crippen LogP contribution in [0.4, 0.5) is 0 Å². The number of hydrogen-bond acceptors (Lipinski definition) is 2. The van der Waals surface area contributed by atoms with E-state index in [1.54, 1.807) is 0 Å². The summed E-state index contributed by atoms with van der Waals surface area (Å²) in [5.74, 6) is -0.272. The van der Waals surface area contributed by atoms with Gasteiger partial charge >= 0.3 is 5.97 Å². The van der Waals surface area contributed by atoms with Crippen LogP contribution in [0.2, 0.25) is 0 Å². The van der Waals surface area contributed by atoms with E-state index in [-0.39, 0.29) is 12.1 Å². The Morgan fingerprint density at radius 3 is 2.65 bits per heavy atom. The first-order chi connectivity index (χ1) is 8.09. The van der Waals surface area contributed by atoms with Gasteiger partial charge in [-0.2, -0.15) is 0 Å². The van der Waals surface area contributed by atoms with Gasteiger partial charge in [-0.3, -0.25) is 10.1 Å². The Hall–Kier alpha value is -1.35. The van der Waals surface area contributed by atoms with Crippen molar-refractivity contribution in [2.45, 2.75) is 44.7 Å². The number of rotatable bonds is 3. The average Bonchev–Trinajstić information content (AvgIpc) is 2.78. The molecule has 0 spiro atoms. The molecule has 3 nitrogen and oxygen atoms in total. The fourth-order valence-electron chi connectivity index (χ4n) is 2.54. The van der Waals surface area contributed by atoms with Crippen molar-refractivity contribution in [2.75, 3.05) is 0 Å². The molecule has 2 N–H and O–H groups in total. The quantitative estimate of drug-likeness (QED) is 0.844. The van der Waals surface area contributed by atoms with Gasteiger partial charge in [0.1, 0.15) is 6.04 Å². The van der Waals surface area contributed by atoms with Gasteiger partial charge in [0.25, 0.3) is 0 Å². The minimum absolute atomic E-state index is 0.190. The van der Waals surface area contributed by atoms with Crippen molar-refractivity contribution in [3.8, 4) is 0 Å². The number of carboxylic acids is 1. The standard InChI is InChI=1S/C14H19NO2/c1-9(2)10-5-3-4-6-11(10)12-7-8-13(15-12)14(16)17/h3-6,9,12-13,15H,7-8H2,1-2H3,(H,16,17). The van der Waals surface area contributed by atoms with Gasteiger partial charge < -0.3 is 5.11 Å². The lowest BCUT2D eigenvalue weighted by atomic mass is 9.92. The van der Waals surface area contributed by atoms with Crippen LogP contribution in [0.5, 0.6) is 0 Å². The van der Waals surface area contributed by atoms with Crippen molar-refractivity contribution in [2.24, 2.45) is 0 Å². The van der Waals surface area contributed by atoms with E-state index in [1.165, 1.54) is 11.1 Å². The molecule has 2 atom stereocenters. The topological polar surface area (TPSA) is 49.3 Å². The molecule has 2 unspecified atom stereocenters. The van der Waals surface area contributed by atoms with E-state index < -0.39 is 5.97 Å². The third kappa shape index (κ3) is 2.50. The fraction of sp³-hybridized carbons (Fsp3) is 0.500. The van der Waals surface area contributed by atoms with Crippen LogP contribution in [0.1, 0.15) is 49.8 Å². The molecule has 2 rings (SSSR count). The van der Waals surface area contributed by atoms with Gasteiger partial charge in [-0.1, -0.05) is 38.1 Å². The molecule has 0 bridgehead atoms. The van der Waals surface area contributed by atoms with Gasteiger partial charge in [-0.25, -0.2) is 0 Å². The van der Waals surface area contributed by atoms with Crippen molar-refractivity contribution >= 4 is 5.97 Å². The third-order valence-corrected chi connectivity index (χ3v) is 3.44. The summed E-state index contributed by atoms with van der Waals surface area (Å²) in [5.41, 5.74) is 2.57. The minimum Gasteiger partial charge on any atom is -0.480 e. The van der Waals surface area contributed by atoms with E-state index in [2.05, 4.69) is 31.3 Å². The highest BCUT2D eigenvalue weighted by Gasteiger charge is 2.30. The molecule has 1 aromatic carbocycles. The number of aliphatic carboxylic acids is 1. The Bertz CT molecular complexity index is 414. The van der Waals surface area contributed by atoms with Gasteiger partial charge in [0.2, 0.25) is 0 Å². The second kappa shape index (κ2) is 4.88. The first-order valence-electron chi connectivity index (χ1n) is 6.17. The van der Waals surface area contributed by atoms with Crippen molar-refractivity contribution < 1.29 is 9.90 Å². The Kier molecular flexibility index (Phi) is 3.48. The normalized spacial score (nSPS) is 24.2. The molecule has 17 heavy (non-hydrogen) atoms. The second-order valence-electron chi connectivity index (χ2n) is 4.97. The molecule has 0 amide bonds. The van der Waals surface area contributed by atoms with Crippen LogP contribution in [0.25, 0.3) is 0 Å². The predicted molar refractivity (Wildman–Crippen MR) is 67.1 cm³/mol.